The second-order valence-electron chi connectivity index (χ2n) is 14.1. The van der Waals surface area contributed by atoms with Crippen LogP contribution in [0.2, 0.25) is 0 Å². The van der Waals surface area contributed by atoms with Gasteiger partial charge in [0.25, 0.3) is 0 Å². The van der Waals surface area contributed by atoms with Crippen molar-refractivity contribution in [3.05, 3.63) is 0 Å². The zero-order chi connectivity index (χ0) is 34.0. The molecule has 0 saturated carbocycles. The fourth-order valence-corrected chi connectivity index (χ4v) is 6.18. The summed E-state index contributed by atoms with van der Waals surface area (Å²) in [4.78, 5) is 24.8. The summed E-state index contributed by atoms with van der Waals surface area (Å²) in [5, 5.41) is 0. The van der Waals surface area contributed by atoms with Gasteiger partial charge in [0, 0.05) is 19.3 Å². The van der Waals surface area contributed by atoms with Gasteiger partial charge in [0.05, 0.1) is 0 Å². The fourth-order valence-electron chi connectivity index (χ4n) is 6.18. The van der Waals surface area contributed by atoms with Crippen molar-refractivity contribution in [2.24, 2.45) is 11.5 Å². The van der Waals surface area contributed by atoms with Crippen LogP contribution < -0.4 is 11.5 Å². The third-order valence-electron chi connectivity index (χ3n) is 9.57. The molecule has 2 atom stereocenters. The molecule has 0 aliphatic heterocycles. The van der Waals surface area contributed by atoms with Crippen molar-refractivity contribution in [2.75, 3.05) is 0 Å². The zero-order valence-electron chi connectivity index (χ0n) is 31.2. The minimum absolute atomic E-state index is 0.283. The van der Waals surface area contributed by atoms with Gasteiger partial charge in [-0.1, -0.05) is 201 Å². The maximum absolute atomic E-state index is 12.5. The molecule has 0 aliphatic carbocycles. The summed E-state index contributed by atoms with van der Waals surface area (Å²) in [7, 11) is 0. The molecular weight excluding hydrogens is 572 g/mol. The van der Waals surface area contributed by atoms with Gasteiger partial charge in [-0.05, 0) is 12.8 Å². The second-order valence-corrected chi connectivity index (χ2v) is 14.1. The molecule has 6 heteroatoms. The number of carbonyl (C=O) groups is 2. The predicted octanol–water partition coefficient (Wildman–Crippen LogP) is 11.9. The van der Waals surface area contributed by atoms with E-state index in [0.717, 1.165) is 38.5 Å². The van der Waals surface area contributed by atoms with Gasteiger partial charge in [-0.3, -0.25) is 21.1 Å². The first-order valence-electron chi connectivity index (χ1n) is 20.3. The molecule has 0 aromatic carbocycles. The number of carbonyl (C=O) groups excluding carboxylic acids is 2. The van der Waals surface area contributed by atoms with Gasteiger partial charge in [0.15, 0.2) is 0 Å². The second kappa shape index (κ2) is 33.7. The number of hydrogen-bond donors (Lipinski definition) is 2. The monoisotopic (exact) mass is 653 g/mol. The summed E-state index contributed by atoms with van der Waals surface area (Å²) in [5.74, 6) is -0.739. The molecule has 0 spiro atoms. The third kappa shape index (κ3) is 29.0. The highest BCUT2D eigenvalue weighted by molar-refractivity contribution is 5.71. The van der Waals surface area contributed by atoms with E-state index in [2.05, 4.69) is 13.8 Å². The topological polar surface area (TPSA) is 105 Å². The van der Waals surface area contributed by atoms with Crippen LogP contribution in [0.15, 0.2) is 0 Å². The first-order chi connectivity index (χ1) is 22.4. The predicted molar refractivity (Wildman–Crippen MR) is 196 cm³/mol. The van der Waals surface area contributed by atoms with Crippen LogP contribution in [0.25, 0.3) is 0 Å². The fraction of sp³-hybridized carbons (Fsp3) is 0.950. The summed E-state index contributed by atoms with van der Waals surface area (Å²) in [6.45, 7) is 6.34. The Balaban J connectivity index is 3.75. The largest absolute Gasteiger partial charge is 0.441 e. The lowest BCUT2D eigenvalue weighted by Gasteiger charge is -2.33. The van der Waals surface area contributed by atoms with Gasteiger partial charge in [-0.15, -0.1) is 0 Å². The number of hydrogen-bond acceptors (Lipinski definition) is 6. The minimum atomic E-state index is -1.49. The van der Waals surface area contributed by atoms with Gasteiger partial charge in [-0.2, -0.15) is 0 Å². The lowest BCUT2D eigenvalue weighted by Crippen LogP contribution is -2.59. The quantitative estimate of drug-likeness (QED) is 0.0396. The Bertz CT molecular complexity index is 674. The van der Waals surface area contributed by atoms with Crippen molar-refractivity contribution in [3.8, 4) is 0 Å². The van der Waals surface area contributed by atoms with E-state index in [-0.39, 0.29) is 18.4 Å². The van der Waals surface area contributed by atoms with Crippen LogP contribution in [-0.4, -0.2) is 23.9 Å². The molecule has 0 radical (unpaired) electrons. The first-order valence-corrected chi connectivity index (χ1v) is 20.3. The van der Waals surface area contributed by atoms with Gasteiger partial charge < -0.3 is 9.47 Å². The Morgan fingerprint density at radius 2 is 0.717 bits per heavy atom. The van der Waals surface area contributed by atoms with Gasteiger partial charge in [0.2, 0.25) is 12.0 Å². The molecule has 46 heavy (non-hydrogen) atoms. The summed E-state index contributed by atoms with van der Waals surface area (Å²) < 4.78 is 10.9. The normalized spacial score (nSPS) is 13.4. The van der Waals surface area contributed by atoms with E-state index < -0.39 is 12.0 Å². The van der Waals surface area contributed by atoms with Crippen LogP contribution in [0, 0.1) is 0 Å². The van der Waals surface area contributed by atoms with Crippen LogP contribution in [0.3, 0.4) is 0 Å². The summed E-state index contributed by atoms with van der Waals surface area (Å²) in [6, 6.07) is 0. The molecule has 0 amide bonds. The number of ether oxygens (including phenoxy) is 2. The van der Waals surface area contributed by atoms with Gasteiger partial charge in [-0.25, -0.2) is 0 Å². The maximum Gasteiger partial charge on any atom is 0.307 e. The van der Waals surface area contributed by atoms with Crippen LogP contribution in [0.4, 0.5) is 0 Å². The molecule has 0 aliphatic rings. The van der Waals surface area contributed by atoms with Crippen molar-refractivity contribution in [1.82, 2.24) is 0 Å². The number of rotatable bonds is 36. The molecule has 0 fully saturated rings. The average Bonchev–Trinajstić information content (AvgIpc) is 3.04. The highest BCUT2D eigenvalue weighted by Gasteiger charge is 2.37. The Labute approximate surface area is 286 Å². The Hall–Kier alpha value is -1.14. The molecule has 0 rings (SSSR count). The molecule has 0 saturated heterocycles. The van der Waals surface area contributed by atoms with Crippen LogP contribution in [-0.2, 0) is 19.1 Å². The smallest absolute Gasteiger partial charge is 0.307 e. The summed E-state index contributed by atoms with van der Waals surface area (Å²) >= 11 is 0. The third-order valence-corrected chi connectivity index (χ3v) is 9.57. The molecule has 2 unspecified atom stereocenters. The highest BCUT2D eigenvalue weighted by Crippen LogP contribution is 2.19. The van der Waals surface area contributed by atoms with Crippen molar-refractivity contribution < 1.29 is 19.1 Å². The Morgan fingerprint density at radius 3 is 1.00 bits per heavy atom. The van der Waals surface area contributed by atoms with Crippen LogP contribution >= 0.6 is 0 Å². The first kappa shape index (κ1) is 44.9. The van der Waals surface area contributed by atoms with Gasteiger partial charge in [0.1, 0.15) is 0 Å². The van der Waals surface area contributed by atoms with Crippen molar-refractivity contribution in [2.45, 2.75) is 245 Å². The zero-order valence-corrected chi connectivity index (χ0v) is 31.2. The van der Waals surface area contributed by atoms with E-state index in [1.165, 1.54) is 154 Å². The van der Waals surface area contributed by atoms with E-state index in [0.29, 0.717) is 12.8 Å². The Morgan fingerprint density at radius 1 is 0.457 bits per heavy atom. The molecule has 274 valence electrons. The van der Waals surface area contributed by atoms with E-state index in [4.69, 9.17) is 20.9 Å². The van der Waals surface area contributed by atoms with Crippen LogP contribution in [0.1, 0.15) is 233 Å². The lowest BCUT2D eigenvalue weighted by atomic mass is 10.0. The molecule has 6 nitrogen and oxygen atoms in total. The molecule has 0 aromatic rings. The number of nitrogens with two attached hydrogens (primary N) is 2. The lowest BCUT2D eigenvalue weighted by molar-refractivity contribution is -0.186. The molecular formula is C40H80N2O4. The Kier molecular flexibility index (Phi) is 32.9. The van der Waals surface area contributed by atoms with Gasteiger partial charge >= 0.3 is 11.9 Å². The van der Waals surface area contributed by atoms with Crippen LogP contribution in [0.5, 0.6) is 0 Å². The standard InChI is InChI=1S/C40H80N2O4/c1-4-7-9-11-13-15-17-19-21-23-25-27-29-31-33-35-37(43)45-39(41)40(42,6-3)46-38(44)36-34-32-30-28-26-24-22-20-18-16-14-12-10-8-5-2/h39H,4-36,41-42H2,1-3H3. The summed E-state index contributed by atoms with van der Waals surface area (Å²) in [6.07, 6.45) is 38.1. The number of esters is 2. The molecule has 0 bridgehead atoms. The van der Waals surface area contributed by atoms with Crippen molar-refractivity contribution in [3.63, 3.8) is 0 Å². The van der Waals surface area contributed by atoms with Crippen molar-refractivity contribution >= 4 is 11.9 Å². The van der Waals surface area contributed by atoms with E-state index >= 15 is 0 Å². The van der Waals surface area contributed by atoms with E-state index in [1.807, 2.05) is 0 Å². The number of unbranched alkanes of at least 4 members (excludes halogenated alkanes) is 28. The molecule has 4 N–H and O–H groups in total. The summed E-state index contributed by atoms with van der Waals surface area (Å²) in [5.41, 5.74) is 10.9. The maximum atomic E-state index is 12.5. The minimum Gasteiger partial charge on any atom is -0.441 e. The SMILES string of the molecule is CCCCCCCCCCCCCCCCCC(=O)OC(N)C(N)(CC)OC(=O)CCCCCCCCCCCCCCCCC. The molecule has 0 heterocycles. The highest BCUT2D eigenvalue weighted by atomic mass is 16.6. The van der Waals surface area contributed by atoms with Crippen molar-refractivity contribution in [1.29, 1.82) is 0 Å². The van der Waals surface area contributed by atoms with E-state index in [9.17, 15) is 9.59 Å². The average molecular weight is 653 g/mol. The molecule has 0 aromatic heterocycles. The van der Waals surface area contributed by atoms with E-state index in [1.54, 1.807) is 6.92 Å².